The van der Waals surface area contributed by atoms with Gasteiger partial charge in [-0.05, 0) is 25.9 Å². The van der Waals surface area contributed by atoms with Gasteiger partial charge in [0.1, 0.15) is 0 Å². The molecule has 1 aromatic carbocycles. The summed E-state index contributed by atoms with van der Waals surface area (Å²) in [5.41, 5.74) is 0.844. The van der Waals surface area contributed by atoms with E-state index in [0.717, 1.165) is 12.1 Å². The second-order valence-electron chi connectivity index (χ2n) is 4.09. The second-order valence-corrected chi connectivity index (χ2v) is 4.09. The summed E-state index contributed by atoms with van der Waals surface area (Å²) in [6, 6.07) is 9.57. The van der Waals surface area contributed by atoms with E-state index in [1.165, 1.54) is 25.9 Å². The monoisotopic (exact) mass is 283 g/mol. The highest BCUT2D eigenvalue weighted by atomic mass is 79.9. The maximum atomic E-state index is 11.8. The first-order valence-electron chi connectivity index (χ1n) is 5.67. The largest absolute Gasteiger partial charge is 0.303 e. The van der Waals surface area contributed by atoms with Crippen LogP contribution in [0.5, 0.6) is 0 Å². The Balaban J connectivity index is 0.00000128. The Hall–Kier alpha value is -0.670. The minimum absolute atomic E-state index is 0. The summed E-state index contributed by atoms with van der Waals surface area (Å²) in [7, 11) is 0. The minimum Gasteiger partial charge on any atom is -0.303 e. The van der Waals surface area contributed by atoms with Crippen molar-refractivity contribution in [2.24, 2.45) is 0 Å². The van der Waals surface area contributed by atoms with Crippen LogP contribution in [0.2, 0.25) is 0 Å². The standard InChI is InChI=1S/C13H17NO.BrH/c15-13(12-6-2-1-3-7-12)8-11-14-9-4-5-10-14;/h1-3,6-7H,4-5,8-11H2;1H. The van der Waals surface area contributed by atoms with Gasteiger partial charge >= 0.3 is 0 Å². The summed E-state index contributed by atoms with van der Waals surface area (Å²) >= 11 is 0. The minimum atomic E-state index is 0. The van der Waals surface area contributed by atoms with Crippen LogP contribution in [-0.2, 0) is 0 Å². The lowest BCUT2D eigenvalue weighted by atomic mass is 10.1. The fourth-order valence-electron chi connectivity index (χ4n) is 2.03. The molecule has 0 saturated carbocycles. The molecular formula is C13H18BrNO. The van der Waals surface area contributed by atoms with Gasteiger partial charge in [-0.15, -0.1) is 17.0 Å². The average molecular weight is 284 g/mol. The molecule has 0 spiro atoms. The normalized spacial score (nSPS) is 15.8. The van der Waals surface area contributed by atoms with Gasteiger partial charge in [-0.2, -0.15) is 0 Å². The molecule has 3 heteroatoms. The number of rotatable bonds is 4. The first-order chi connectivity index (χ1) is 7.36. The van der Waals surface area contributed by atoms with Crippen molar-refractivity contribution in [2.75, 3.05) is 19.6 Å². The number of hydrogen-bond acceptors (Lipinski definition) is 2. The maximum absolute atomic E-state index is 11.8. The number of halogens is 1. The molecule has 0 unspecified atom stereocenters. The van der Waals surface area contributed by atoms with Crippen molar-refractivity contribution in [1.29, 1.82) is 0 Å². The molecule has 0 amide bonds. The zero-order valence-corrected chi connectivity index (χ0v) is 11.1. The Kier molecular flexibility index (Phi) is 5.71. The van der Waals surface area contributed by atoms with Crippen molar-refractivity contribution in [3.63, 3.8) is 0 Å². The Morgan fingerprint density at radius 1 is 1.12 bits per heavy atom. The van der Waals surface area contributed by atoms with Crippen LogP contribution >= 0.6 is 17.0 Å². The van der Waals surface area contributed by atoms with Crippen LogP contribution < -0.4 is 0 Å². The van der Waals surface area contributed by atoms with Gasteiger partial charge in [0.05, 0.1) is 0 Å². The Labute approximate surface area is 107 Å². The van der Waals surface area contributed by atoms with Crippen LogP contribution in [0.15, 0.2) is 30.3 Å². The van der Waals surface area contributed by atoms with Gasteiger partial charge in [-0.1, -0.05) is 30.3 Å². The molecule has 1 fully saturated rings. The number of benzene rings is 1. The van der Waals surface area contributed by atoms with Gasteiger partial charge < -0.3 is 4.90 Å². The van der Waals surface area contributed by atoms with Gasteiger partial charge in [-0.3, -0.25) is 4.79 Å². The molecule has 0 aromatic heterocycles. The highest BCUT2D eigenvalue weighted by Crippen LogP contribution is 2.09. The molecule has 88 valence electrons. The van der Waals surface area contributed by atoms with E-state index in [1.54, 1.807) is 0 Å². The molecule has 1 aromatic rings. The van der Waals surface area contributed by atoms with Crippen molar-refractivity contribution in [2.45, 2.75) is 19.3 Å². The molecule has 0 atom stereocenters. The van der Waals surface area contributed by atoms with Gasteiger partial charge in [0.25, 0.3) is 0 Å². The van der Waals surface area contributed by atoms with Crippen LogP contribution in [0.3, 0.4) is 0 Å². The molecule has 1 heterocycles. The van der Waals surface area contributed by atoms with Crippen molar-refractivity contribution < 1.29 is 4.79 Å². The van der Waals surface area contributed by atoms with E-state index in [4.69, 9.17) is 0 Å². The SMILES string of the molecule is Br.O=C(CCN1CCCC1)c1ccccc1. The topological polar surface area (TPSA) is 20.3 Å². The van der Waals surface area contributed by atoms with E-state index >= 15 is 0 Å². The van der Waals surface area contributed by atoms with Crippen LogP contribution in [0.1, 0.15) is 29.6 Å². The number of hydrogen-bond donors (Lipinski definition) is 0. The molecule has 2 rings (SSSR count). The lowest BCUT2D eigenvalue weighted by Crippen LogP contribution is -2.22. The van der Waals surface area contributed by atoms with E-state index < -0.39 is 0 Å². The van der Waals surface area contributed by atoms with E-state index in [0.29, 0.717) is 6.42 Å². The van der Waals surface area contributed by atoms with E-state index in [2.05, 4.69) is 4.90 Å². The molecule has 0 radical (unpaired) electrons. The number of ketones is 1. The zero-order chi connectivity index (χ0) is 10.5. The highest BCUT2D eigenvalue weighted by molar-refractivity contribution is 8.93. The molecule has 0 N–H and O–H groups in total. The number of Topliss-reactive ketones (excluding diaryl/α,β-unsaturated/α-hetero) is 1. The van der Waals surface area contributed by atoms with E-state index in [9.17, 15) is 4.79 Å². The predicted molar refractivity (Wildman–Crippen MR) is 71.4 cm³/mol. The predicted octanol–water partition coefficient (Wildman–Crippen LogP) is 2.93. The number of carbonyl (C=O) groups is 1. The second kappa shape index (κ2) is 6.81. The Bertz CT molecular complexity index is 320. The summed E-state index contributed by atoms with van der Waals surface area (Å²) in [5.74, 6) is 0.266. The van der Waals surface area contributed by atoms with Crippen molar-refractivity contribution in [3.05, 3.63) is 35.9 Å². The summed E-state index contributed by atoms with van der Waals surface area (Å²) in [5, 5.41) is 0. The van der Waals surface area contributed by atoms with Gasteiger partial charge in [0.15, 0.2) is 5.78 Å². The molecule has 0 aliphatic carbocycles. The van der Waals surface area contributed by atoms with Gasteiger partial charge in [0, 0.05) is 18.5 Å². The fraction of sp³-hybridized carbons (Fsp3) is 0.462. The quantitative estimate of drug-likeness (QED) is 0.792. The third kappa shape index (κ3) is 3.72. The number of carbonyl (C=O) groups excluding carboxylic acids is 1. The summed E-state index contributed by atoms with van der Waals surface area (Å²) in [6.45, 7) is 3.26. The smallest absolute Gasteiger partial charge is 0.164 e. The molecule has 2 nitrogen and oxygen atoms in total. The first-order valence-corrected chi connectivity index (χ1v) is 5.67. The molecule has 16 heavy (non-hydrogen) atoms. The van der Waals surface area contributed by atoms with Crippen LogP contribution in [-0.4, -0.2) is 30.3 Å². The van der Waals surface area contributed by atoms with Crippen molar-refractivity contribution >= 4 is 22.8 Å². The maximum Gasteiger partial charge on any atom is 0.164 e. The van der Waals surface area contributed by atoms with Crippen molar-refractivity contribution in [1.82, 2.24) is 4.90 Å². The van der Waals surface area contributed by atoms with Gasteiger partial charge in [-0.25, -0.2) is 0 Å². The number of likely N-dealkylation sites (tertiary alicyclic amines) is 1. The first kappa shape index (κ1) is 13.4. The Morgan fingerprint density at radius 3 is 2.38 bits per heavy atom. The van der Waals surface area contributed by atoms with E-state index in [1.807, 2.05) is 30.3 Å². The summed E-state index contributed by atoms with van der Waals surface area (Å²) in [6.07, 6.45) is 3.24. The average Bonchev–Trinajstić information content (AvgIpc) is 2.80. The van der Waals surface area contributed by atoms with Gasteiger partial charge in [0.2, 0.25) is 0 Å². The number of nitrogens with zero attached hydrogens (tertiary/aromatic N) is 1. The third-order valence-corrected chi connectivity index (χ3v) is 2.95. The van der Waals surface area contributed by atoms with Crippen LogP contribution in [0.25, 0.3) is 0 Å². The van der Waals surface area contributed by atoms with Crippen LogP contribution in [0, 0.1) is 0 Å². The lowest BCUT2D eigenvalue weighted by molar-refractivity contribution is 0.0969. The third-order valence-electron chi connectivity index (χ3n) is 2.95. The molecule has 1 aliphatic rings. The lowest BCUT2D eigenvalue weighted by Gasteiger charge is -2.13. The van der Waals surface area contributed by atoms with Crippen molar-refractivity contribution in [3.8, 4) is 0 Å². The highest BCUT2D eigenvalue weighted by Gasteiger charge is 2.13. The molecule has 1 aliphatic heterocycles. The Morgan fingerprint density at radius 2 is 1.75 bits per heavy atom. The molecule has 0 bridgehead atoms. The summed E-state index contributed by atoms with van der Waals surface area (Å²) < 4.78 is 0. The van der Waals surface area contributed by atoms with Crippen LogP contribution in [0.4, 0.5) is 0 Å². The fourth-order valence-corrected chi connectivity index (χ4v) is 2.03. The summed E-state index contributed by atoms with van der Waals surface area (Å²) in [4.78, 5) is 14.2. The zero-order valence-electron chi connectivity index (χ0n) is 9.39. The molecule has 1 saturated heterocycles. The molecular weight excluding hydrogens is 266 g/mol. The van der Waals surface area contributed by atoms with E-state index in [-0.39, 0.29) is 22.8 Å².